The van der Waals surface area contributed by atoms with Crippen LogP contribution in [0.2, 0.25) is 0 Å². The number of carbonyl (C=O) groups is 4. The Hall–Kier alpha value is -10.8. The van der Waals surface area contributed by atoms with Crippen molar-refractivity contribution in [3.63, 3.8) is 0 Å². The van der Waals surface area contributed by atoms with E-state index in [0.29, 0.717) is 101 Å². The number of hydrogen-bond acceptors (Lipinski definition) is 16. The van der Waals surface area contributed by atoms with Gasteiger partial charge in [0.2, 0.25) is 0 Å². The fourth-order valence-electron chi connectivity index (χ4n) is 11.1. The van der Waals surface area contributed by atoms with E-state index in [4.69, 9.17) is 61.2 Å². The number of aromatic nitrogens is 6. The van der Waals surface area contributed by atoms with Crippen LogP contribution in [0.5, 0.6) is 23.0 Å². The number of nitrogens with two attached hydrogens (primary N) is 2. The van der Waals surface area contributed by atoms with Crippen molar-refractivity contribution in [2.75, 3.05) is 11.5 Å². The minimum atomic E-state index is -0.833. The van der Waals surface area contributed by atoms with Crippen LogP contribution < -0.4 is 11.5 Å². The summed E-state index contributed by atoms with van der Waals surface area (Å²) in [6, 6.07) is 53.4. The maximum Gasteiger partial charge on any atom is 0.300 e. The summed E-state index contributed by atoms with van der Waals surface area (Å²) in [6.45, 7) is 31.6. The summed E-state index contributed by atoms with van der Waals surface area (Å²) in [5, 5.41) is 66.0. The third-order valence-electron chi connectivity index (χ3n) is 17.0. The number of phenolic OH excluding ortho intramolecular Hbond substituents is 4. The summed E-state index contributed by atoms with van der Waals surface area (Å²) in [5.41, 5.74) is 22.7. The second kappa shape index (κ2) is 45.3. The Kier molecular flexibility index (Phi) is 42.7. The van der Waals surface area contributed by atoms with Gasteiger partial charge in [-0.1, -0.05) is 198 Å². The van der Waals surface area contributed by atoms with Crippen LogP contribution in [0.25, 0.3) is 110 Å². The number of nitrogen functional groups attached to an aromatic ring is 2. The number of phenols is 4. The Balaban J connectivity index is -0.00000167. The van der Waals surface area contributed by atoms with Gasteiger partial charge in [0, 0.05) is 131 Å². The molecule has 13 rings (SSSR count). The molecule has 0 aliphatic heterocycles. The van der Waals surface area contributed by atoms with E-state index in [0.717, 1.165) is 68.7 Å². The first-order valence-corrected chi connectivity index (χ1v) is 34.4. The van der Waals surface area contributed by atoms with Crippen molar-refractivity contribution in [1.82, 2.24) is 29.9 Å². The molecule has 22 nitrogen and oxygen atoms in total. The Morgan fingerprint density at radius 2 is 0.617 bits per heavy atom. The standard InChI is InChI=1S/C40H36N4O2.C34H32N2O4.C6H8N2.C3H8.2C2H4O2.3CH4.3Co.4H2O/c1-39(2,3)27-17-25-21-41-33-9-7-8-10-34(33)42-22-26-18-28(40(4,5)6)20-30(38(26)46)32-16-14-24-12-11-23-13-15-31(29(19-27)37(25)45)43-35(23)36(24)44-32;1-33(2,3)23-13-21(17-37)31(39)25(15-23)27-11-9-19-7-8-20-10-12-28(36-30(20)29(19)35-27)26-16-24(34(4,5)6)14-22(18-38)32(26)40;7-5-3-1-2-4-6(5)8;1-3-2;2*1-2(3)4;;;;;;;;;;/h7-22,45-46H,1-6H3;7-18,39-40H,1-6H3;1-4H,7-8H2;3H2,1-2H3;2*1H3,(H,3,4);3*1H4;;;;4*1H2. The van der Waals surface area contributed by atoms with Gasteiger partial charge in [-0.25, -0.2) is 19.9 Å². The number of carboxylic acid groups (broad SMARTS) is 2. The molecule has 8 bridgehead atoms. The smallest absolute Gasteiger partial charge is 0.300 e. The number of aldehydes is 2. The minimum Gasteiger partial charge on any atom is -0.507 e. The predicted octanol–water partition coefficient (Wildman–Crippen LogP) is 18.7. The van der Waals surface area contributed by atoms with Crippen molar-refractivity contribution < 1.29 is 122 Å². The molecule has 0 spiro atoms. The van der Waals surface area contributed by atoms with Crippen molar-refractivity contribution in [2.24, 2.45) is 0 Å². The number of aromatic hydroxyl groups is 4. The third kappa shape index (κ3) is 26.6. The molecule has 3 radical (unpaired) electrons. The molecule has 0 fully saturated rings. The van der Waals surface area contributed by atoms with Gasteiger partial charge in [0.25, 0.3) is 11.9 Å². The molecule has 5 heterocycles. The zero-order valence-corrected chi connectivity index (χ0v) is 68.5. The molecule has 0 saturated heterocycles. The molecule has 0 amide bonds. The topological polar surface area (TPSA) is 445 Å². The molecule has 8 aromatic carbocycles. The molecule has 25 heteroatoms. The van der Waals surface area contributed by atoms with Crippen LogP contribution >= 0.6 is 0 Å². The largest absolute Gasteiger partial charge is 0.507 e. The average molecular weight is 1710 g/mol. The van der Waals surface area contributed by atoms with Gasteiger partial charge in [0.05, 0.1) is 78.0 Å². The van der Waals surface area contributed by atoms with E-state index in [2.05, 4.69) is 55.4 Å². The average Bonchev–Trinajstić information content (AvgIpc) is 0.762. The molecule has 0 aliphatic carbocycles. The van der Waals surface area contributed by atoms with Crippen molar-refractivity contribution in [3.05, 3.63) is 216 Å². The Morgan fingerprint density at radius 3 is 0.887 bits per heavy atom. The fraction of sp³-hybridized carbons (Fsp3) is 0.267. The molecule has 18 N–H and O–H groups in total. The van der Waals surface area contributed by atoms with E-state index >= 15 is 0 Å². The SMILES string of the molecule is C.C.C.CC(=O)O.CC(=O)O.CC(C)(C)c1cc(C=O)c(O)c(-c2ccc3ccc4ccc(-c5cc(C(C)(C)C)cc(C=O)c5O)nc4c3n2)c1.CC(C)(C)c1cc2cnc3ccccc3ncc3cc(C(C)(C)C)cc(c3O)c3ccc4ccc5ccc(nc5c4n3)c(c1)c2O.CCC.Nc1ccccc1N.O.O.O.O.[Co].[Co].[Co]. The Morgan fingerprint density at radius 1 is 0.365 bits per heavy atom. The molecule has 13 aromatic rings. The number of aliphatic carboxylic acids is 2. The summed E-state index contributed by atoms with van der Waals surface area (Å²) < 4.78 is 0. The van der Waals surface area contributed by atoms with E-state index in [1.807, 2.05) is 187 Å². The van der Waals surface area contributed by atoms with E-state index in [1.165, 1.54) is 6.42 Å². The number of carboxylic acids is 2. The molecule has 0 atom stereocenters. The van der Waals surface area contributed by atoms with Crippen LogP contribution in [0.4, 0.5) is 11.4 Å². The number of pyridine rings is 4. The number of para-hydroxylation sites is 4. The normalized spacial score (nSPS) is 10.4. The van der Waals surface area contributed by atoms with Crippen LogP contribution in [0.3, 0.4) is 0 Å². The van der Waals surface area contributed by atoms with Crippen molar-refractivity contribution in [2.45, 2.75) is 161 Å². The third-order valence-corrected chi connectivity index (χ3v) is 17.0. The predicted molar refractivity (Wildman–Crippen MR) is 462 cm³/mol. The zero-order valence-electron chi connectivity index (χ0n) is 65.3. The number of anilines is 2. The van der Waals surface area contributed by atoms with Crippen molar-refractivity contribution in [3.8, 4) is 45.5 Å². The minimum absolute atomic E-state index is 0. The van der Waals surface area contributed by atoms with Crippen molar-refractivity contribution in [1.29, 1.82) is 0 Å². The molecule has 0 saturated carbocycles. The zero-order chi connectivity index (χ0) is 77.2. The molecular weight excluding hydrogens is 1590 g/mol. The summed E-state index contributed by atoms with van der Waals surface area (Å²) in [5.74, 6) is -1.69. The monoisotopic (exact) mass is 1710 g/mol. The molecule has 5 aromatic heterocycles. The van der Waals surface area contributed by atoms with E-state index in [-0.39, 0.29) is 150 Å². The maximum atomic E-state index is 11.8. The van der Waals surface area contributed by atoms with Crippen molar-refractivity contribution >= 4 is 123 Å². The number of carbonyl (C=O) groups excluding carboxylic acids is 2. The number of nitrogens with zero attached hydrogens (tertiary/aromatic N) is 6. The maximum absolute atomic E-state index is 11.8. The quantitative estimate of drug-likeness (QED) is 0.0461. The van der Waals surface area contributed by atoms with Crippen LogP contribution in [-0.2, 0) is 81.6 Å². The van der Waals surface area contributed by atoms with Gasteiger partial charge >= 0.3 is 0 Å². The van der Waals surface area contributed by atoms with Gasteiger partial charge < -0.3 is 64.0 Å². The Labute approximate surface area is 704 Å². The summed E-state index contributed by atoms with van der Waals surface area (Å²) >= 11 is 0. The fourth-order valence-corrected chi connectivity index (χ4v) is 11.1. The van der Waals surface area contributed by atoms with Gasteiger partial charge in [0.15, 0.2) is 12.6 Å². The molecule has 115 heavy (non-hydrogen) atoms. The number of hydrogen-bond donors (Lipinski definition) is 8. The first-order valence-electron chi connectivity index (χ1n) is 34.4. The van der Waals surface area contributed by atoms with Crippen LogP contribution in [-0.4, -0.2) is 107 Å². The first-order chi connectivity index (χ1) is 49.4. The van der Waals surface area contributed by atoms with Gasteiger partial charge in [0.1, 0.15) is 23.0 Å². The molecule has 623 valence electrons. The second-order valence-corrected chi connectivity index (χ2v) is 29.7. The van der Waals surface area contributed by atoms with Gasteiger partial charge in [-0.3, -0.25) is 29.1 Å². The molecule has 0 aliphatic rings. The summed E-state index contributed by atoms with van der Waals surface area (Å²) in [7, 11) is 0. The van der Waals surface area contributed by atoms with E-state index < -0.39 is 11.9 Å². The van der Waals surface area contributed by atoms with Gasteiger partial charge in [-0.15, -0.1) is 0 Å². The molecule has 0 unspecified atom stereocenters. The first kappa shape index (κ1) is 108. The number of fused-ring (bicyclic) bond motifs is 12. The van der Waals surface area contributed by atoms with Crippen LogP contribution in [0.15, 0.2) is 182 Å². The van der Waals surface area contributed by atoms with E-state index in [9.17, 15) is 30.0 Å². The Bertz CT molecular complexity index is 5280. The molecular formula is C90H112Co3N8O14. The second-order valence-electron chi connectivity index (χ2n) is 29.7. The summed E-state index contributed by atoms with van der Waals surface area (Å²) in [6.07, 6.45) is 5.94. The van der Waals surface area contributed by atoms with Crippen LogP contribution in [0.1, 0.15) is 182 Å². The van der Waals surface area contributed by atoms with Gasteiger partial charge in [-0.05, 0) is 141 Å². The number of benzene rings is 8. The number of rotatable bonds is 4. The van der Waals surface area contributed by atoms with E-state index in [1.54, 1.807) is 36.7 Å². The summed E-state index contributed by atoms with van der Waals surface area (Å²) in [4.78, 5) is 71.3. The van der Waals surface area contributed by atoms with Gasteiger partial charge in [-0.2, -0.15) is 0 Å². The van der Waals surface area contributed by atoms with Crippen LogP contribution in [0, 0.1) is 0 Å².